The second-order valence-corrected chi connectivity index (χ2v) is 5.96. The molecule has 0 amide bonds. The van der Waals surface area contributed by atoms with Crippen molar-refractivity contribution >= 4 is 11.5 Å². The third-order valence-electron chi connectivity index (χ3n) is 2.74. The van der Waals surface area contributed by atoms with Gasteiger partial charge in [-0.1, -0.05) is 34.6 Å². The van der Waals surface area contributed by atoms with Crippen molar-refractivity contribution < 1.29 is 4.74 Å². The highest BCUT2D eigenvalue weighted by Gasteiger charge is 2.18. The number of hydrogen-bond donors (Lipinski definition) is 1. The van der Waals surface area contributed by atoms with Crippen molar-refractivity contribution in [2.75, 3.05) is 30.3 Å². The number of anilines is 2. The fraction of sp³-hybridized carbons (Fsp3) is 0.733. The van der Waals surface area contributed by atoms with Crippen LogP contribution in [0.1, 0.15) is 41.0 Å². The molecule has 0 atom stereocenters. The molecule has 1 aromatic rings. The van der Waals surface area contributed by atoms with Gasteiger partial charge in [0.25, 0.3) is 0 Å². The molecule has 0 spiro atoms. The Hall–Kier alpha value is -1.52. The first kappa shape index (κ1) is 16.5. The fourth-order valence-corrected chi connectivity index (χ4v) is 2.07. The molecule has 2 N–H and O–H groups in total. The van der Waals surface area contributed by atoms with Crippen molar-refractivity contribution in [3.63, 3.8) is 0 Å². The van der Waals surface area contributed by atoms with Crippen LogP contribution < -0.4 is 15.4 Å². The summed E-state index contributed by atoms with van der Waals surface area (Å²) in [4.78, 5) is 10.7. The number of rotatable bonds is 8. The maximum atomic E-state index is 6.18. The van der Waals surface area contributed by atoms with Gasteiger partial charge in [0.05, 0.1) is 6.61 Å². The minimum absolute atomic E-state index is 0.495. The first-order chi connectivity index (χ1) is 9.45. The summed E-state index contributed by atoms with van der Waals surface area (Å²) in [6.45, 7) is 13.3. The fourth-order valence-electron chi connectivity index (χ4n) is 2.07. The van der Waals surface area contributed by atoms with Crippen molar-refractivity contribution in [3.8, 4) is 5.88 Å². The topological polar surface area (TPSA) is 64.3 Å². The van der Waals surface area contributed by atoms with Crippen LogP contribution in [0.3, 0.4) is 0 Å². The Bertz CT molecular complexity index is 397. The van der Waals surface area contributed by atoms with Gasteiger partial charge in [-0.2, -0.15) is 4.98 Å². The van der Waals surface area contributed by atoms with Gasteiger partial charge >= 0.3 is 0 Å². The van der Waals surface area contributed by atoms with E-state index in [0.717, 1.165) is 25.3 Å². The van der Waals surface area contributed by atoms with Gasteiger partial charge in [-0.05, 0) is 18.3 Å². The van der Waals surface area contributed by atoms with Crippen LogP contribution in [-0.4, -0.2) is 29.7 Å². The Labute approximate surface area is 122 Å². The van der Waals surface area contributed by atoms with E-state index >= 15 is 0 Å². The number of hydrogen-bond acceptors (Lipinski definition) is 5. The summed E-state index contributed by atoms with van der Waals surface area (Å²) in [6, 6.07) is 0. The molecular weight excluding hydrogens is 252 g/mol. The largest absolute Gasteiger partial charge is 0.476 e. The van der Waals surface area contributed by atoms with E-state index < -0.39 is 0 Å². The van der Waals surface area contributed by atoms with Crippen molar-refractivity contribution in [1.82, 2.24) is 9.97 Å². The molecule has 0 aliphatic heterocycles. The lowest BCUT2D eigenvalue weighted by Crippen LogP contribution is -2.32. The normalized spacial score (nSPS) is 11.2. The molecule has 0 saturated carbocycles. The zero-order chi connectivity index (χ0) is 15.1. The average molecular weight is 280 g/mol. The van der Waals surface area contributed by atoms with E-state index in [1.807, 2.05) is 0 Å². The minimum Gasteiger partial charge on any atom is -0.476 e. The Morgan fingerprint density at radius 1 is 1.15 bits per heavy atom. The van der Waals surface area contributed by atoms with Gasteiger partial charge in [-0.25, -0.2) is 4.98 Å². The molecule has 0 unspecified atom stereocenters. The lowest BCUT2D eigenvalue weighted by atomic mass is 10.1. The van der Waals surface area contributed by atoms with Crippen LogP contribution in [0.5, 0.6) is 5.88 Å². The summed E-state index contributed by atoms with van der Waals surface area (Å²) in [7, 11) is 0. The molecule has 0 radical (unpaired) electrons. The highest BCUT2D eigenvalue weighted by Crippen LogP contribution is 2.29. The highest BCUT2D eigenvalue weighted by molar-refractivity contribution is 5.67. The third-order valence-corrected chi connectivity index (χ3v) is 2.74. The van der Waals surface area contributed by atoms with Gasteiger partial charge in [0.2, 0.25) is 5.88 Å². The molecule has 0 bridgehead atoms. The molecule has 0 aromatic carbocycles. The minimum atomic E-state index is 0.495. The first-order valence-corrected chi connectivity index (χ1v) is 7.43. The highest BCUT2D eigenvalue weighted by atomic mass is 16.5. The molecule has 1 aromatic heterocycles. The Balaban J connectivity index is 2.99. The lowest BCUT2D eigenvalue weighted by Gasteiger charge is -2.28. The molecule has 5 nitrogen and oxygen atoms in total. The number of nitrogen functional groups attached to an aromatic ring is 1. The van der Waals surface area contributed by atoms with Crippen LogP contribution in [0.4, 0.5) is 11.5 Å². The number of nitrogens with zero attached hydrogens (tertiary/aromatic N) is 3. The van der Waals surface area contributed by atoms with Crippen LogP contribution in [0.15, 0.2) is 6.33 Å². The quantitative estimate of drug-likeness (QED) is 0.793. The predicted octanol–water partition coefficient (Wildman–Crippen LogP) is 2.97. The molecule has 114 valence electrons. The number of nitrogens with two attached hydrogens (primary N) is 1. The van der Waals surface area contributed by atoms with E-state index in [-0.39, 0.29) is 0 Å². The Morgan fingerprint density at radius 2 is 1.75 bits per heavy atom. The lowest BCUT2D eigenvalue weighted by molar-refractivity contribution is 0.306. The monoisotopic (exact) mass is 280 g/mol. The van der Waals surface area contributed by atoms with Gasteiger partial charge in [-0.15, -0.1) is 0 Å². The second kappa shape index (κ2) is 7.92. The SMILES string of the molecule is CCCOc1ncnc(N(CC(C)C)CC(C)C)c1N. The van der Waals surface area contributed by atoms with Crippen molar-refractivity contribution in [3.05, 3.63) is 6.33 Å². The second-order valence-electron chi connectivity index (χ2n) is 5.96. The van der Waals surface area contributed by atoms with Gasteiger partial charge in [0.1, 0.15) is 12.0 Å². The van der Waals surface area contributed by atoms with Gasteiger partial charge < -0.3 is 15.4 Å². The summed E-state index contributed by atoms with van der Waals surface area (Å²) in [5, 5.41) is 0. The van der Waals surface area contributed by atoms with Crippen LogP contribution in [0, 0.1) is 11.8 Å². The van der Waals surface area contributed by atoms with E-state index in [0.29, 0.717) is 30.0 Å². The summed E-state index contributed by atoms with van der Waals surface area (Å²) in [5.74, 6) is 2.37. The molecule has 0 aliphatic carbocycles. The van der Waals surface area contributed by atoms with Crippen molar-refractivity contribution in [2.24, 2.45) is 11.8 Å². The summed E-state index contributed by atoms with van der Waals surface area (Å²) in [5.41, 5.74) is 6.73. The van der Waals surface area contributed by atoms with Crippen LogP contribution in [-0.2, 0) is 0 Å². The number of ether oxygens (including phenoxy) is 1. The Morgan fingerprint density at radius 3 is 2.25 bits per heavy atom. The number of aromatic nitrogens is 2. The molecule has 1 rings (SSSR count). The van der Waals surface area contributed by atoms with Crippen molar-refractivity contribution in [2.45, 2.75) is 41.0 Å². The molecule has 20 heavy (non-hydrogen) atoms. The standard InChI is InChI=1S/C15H28N4O/c1-6-7-20-15-13(16)14(17-10-18-15)19(8-11(2)3)9-12(4)5/h10-12H,6-9,16H2,1-5H3. The maximum Gasteiger partial charge on any atom is 0.242 e. The van der Waals surface area contributed by atoms with E-state index in [4.69, 9.17) is 10.5 Å². The van der Waals surface area contributed by atoms with Gasteiger partial charge in [0.15, 0.2) is 5.82 Å². The maximum absolute atomic E-state index is 6.18. The summed E-state index contributed by atoms with van der Waals surface area (Å²) in [6.07, 6.45) is 2.46. The summed E-state index contributed by atoms with van der Waals surface area (Å²) >= 11 is 0. The first-order valence-electron chi connectivity index (χ1n) is 7.43. The van der Waals surface area contributed by atoms with E-state index in [1.54, 1.807) is 0 Å². The zero-order valence-corrected chi connectivity index (χ0v) is 13.4. The van der Waals surface area contributed by atoms with Crippen LogP contribution >= 0.6 is 0 Å². The summed E-state index contributed by atoms with van der Waals surface area (Å²) < 4.78 is 5.58. The third kappa shape index (κ3) is 4.87. The molecule has 5 heteroatoms. The van der Waals surface area contributed by atoms with Gasteiger partial charge in [0, 0.05) is 13.1 Å². The van der Waals surface area contributed by atoms with E-state index in [9.17, 15) is 0 Å². The van der Waals surface area contributed by atoms with Crippen LogP contribution in [0.25, 0.3) is 0 Å². The zero-order valence-electron chi connectivity index (χ0n) is 13.4. The molecule has 0 fully saturated rings. The van der Waals surface area contributed by atoms with Gasteiger partial charge in [-0.3, -0.25) is 0 Å². The molecule has 0 aliphatic rings. The average Bonchev–Trinajstić information content (AvgIpc) is 2.35. The van der Waals surface area contributed by atoms with Crippen molar-refractivity contribution in [1.29, 1.82) is 0 Å². The predicted molar refractivity (Wildman–Crippen MR) is 84.1 cm³/mol. The van der Waals surface area contributed by atoms with E-state index in [2.05, 4.69) is 49.5 Å². The van der Waals surface area contributed by atoms with Crippen LogP contribution in [0.2, 0.25) is 0 Å². The smallest absolute Gasteiger partial charge is 0.242 e. The van der Waals surface area contributed by atoms with E-state index in [1.165, 1.54) is 6.33 Å². The Kier molecular flexibility index (Phi) is 6.55. The molecule has 0 saturated heterocycles. The molecule has 1 heterocycles. The molecular formula is C15H28N4O.